The number of hydrogen-bond donors (Lipinski definition) is 0. The topological polar surface area (TPSA) is 0 Å². The maximum absolute atomic E-state index is 3.81. The minimum absolute atomic E-state index is 0.728. The molecule has 62 valence electrons. The quantitative estimate of drug-likeness (QED) is 0.670. The summed E-state index contributed by atoms with van der Waals surface area (Å²) in [5.74, 6) is 1.47. The number of halogens is 1. The fourth-order valence-electron chi connectivity index (χ4n) is 1.57. The van der Waals surface area contributed by atoms with Gasteiger partial charge in [0.05, 0.1) is 0 Å². The lowest BCUT2D eigenvalue weighted by Crippen LogP contribution is -1.79. The van der Waals surface area contributed by atoms with Gasteiger partial charge in [-0.05, 0) is 36.0 Å². The lowest BCUT2D eigenvalue weighted by Gasteiger charge is -1.97. The minimum atomic E-state index is 0.728. The molecule has 0 saturated heterocycles. The van der Waals surface area contributed by atoms with Crippen LogP contribution in [0.2, 0.25) is 0 Å². The molecule has 1 aromatic carbocycles. The molecule has 1 heteroatoms. The van der Waals surface area contributed by atoms with Crippen LogP contribution < -0.4 is 0 Å². The van der Waals surface area contributed by atoms with E-state index in [1.54, 1.807) is 0 Å². The Balaban J connectivity index is 2.15. The molecule has 0 amide bonds. The Morgan fingerprint density at radius 2 is 2.00 bits per heavy atom. The molecule has 2 rings (SSSR count). The zero-order valence-electron chi connectivity index (χ0n) is 6.83. The summed E-state index contributed by atoms with van der Waals surface area (Å²) in [6.07, 6.45) is 3.35. The van der Waals surface area contributed by atoms with Crippen LogP contribution in [0.4, 0.5) is 0 Å². The van der Waals surface area contributed by atoms with Crippen molar-refractivity contribution >= 4 is 15.9 Å². The van der Waals surface area contributed by atoms with Crippen molar-refractivity contribution < 1.29 is 0 Å². The van der Waals surface area contributed by atoms with E-state index in [2.05, 4.69) is 52.9 Å². The summed E-state index contributed by atoms with van der Waals surface area (Å²) in [7, 11) is 0. The van der Waals surface area contributed by atoms with Crippen molar-refractivity contribution in [3.63, 3.8) is 0 Å². The summed E-state index contributed by atoms with van der Waals surface area (Å²) in [6.45, 7) is 3.81. The molecule has 0 N–H and O–H groups in total. The third-order valence-electron chi connectivity index (χ3n) is 2.44. The summed E-state index contributed by atoms with van der Waals surface area (Å²) >= 11 is 3.43. The molecule has 0 aliphatic heterocycles. The van der Waals surface area contributed by atoms with E-state index in [1.165, 1.54) is 12.0 Å². The Kier molecular flexibility index (Phi) is 2.05. The molecule has 1 saturated carbocycles. The maximum Gasteiger partial charge on any atom is 0.0175 e. The normalized spacial score (nSPS) is 26.8. The molecule has 0 unspecified atom stereocenters. The van der Waals surface area contributed by atoms with Gasteiger partial charge in [-0.2, -0.15) is 0 Å². The highest BCUT2D eigenvalue weighted by molar-refractivity contribution is 9.10. The van der Waals surface area contributed by atoms with Crippen LogP contribution in [0.15, 0.2) is 41.4 Å². The molecule has 0 nitrogen and oxygen atoms in total. The van der Waals surface area contributed by atoms with Gasteiger partial charge in [0.1, 0.15) is 0 Å². The van der Waals surface area contributed by atoms with Crippen LogP contribution in [-0.2, 0) is 0 Å². The van der Waals surface area contributed by atoms with Crippen LogP contribution in [0, 0.1) is 5.92 Å². The van der Waals surface area contributed by atoms with Crippen LogP contribution in [-0.4, -0.2) is 0 Å². The van der Waals surface area contributed by atoms with Gasteiger partial charge in [-0.3, -0.25) is 0 Å². The van der Waals surface area contributed by atoms with Crippen molar-refractivity contribution in [3.8, 4) is 0 Å². The van der Waals surface area contributed by atoms with E-state index < -0.39 is 0 Å². The van der Waals surface area contributed by atoms with E-state index >= 15 is 0 Å². The lowest BCUT2D eigenvalue weighted by molar-refractivity contribution is 1.01. The largest absolute Gasteiger partial charge is 0.103 e. The van der Waals surface area contributed by atoms with E-state index in [0.29, 0.717) is 0 Å². The second kappa shape index (κ2) is 3.06. The Labute approximate surface area is 81.4 Å². The predicted octanol–water partition coefficient (Wildman–Crippen LogP) is 3.74. The van der Waals surface area contributed by atoms with Crippen molar-refractivity contribution in [2.24, 2.45) is 5.92 Å². The fourth-order valence-corrected chi connectivity index (χ4v) is 1.83. The van der Waals surface area contributed by atoms with Gasteiger partial charge < -0.3 is 0 Å². The average molecular weight is 223 g/mol. The number of benzene rings is 1. The van der Waals surface area contributed by atoms with Gasteiger partial charge in [-0.25, -0.2) is 0 Å². The molecule has 0 heterocycles. The molecule has 0 radical (unpaired) electrons. The van der Waals surface area contributed by atoms with Crippen molar-refractivity contribution in [3.05, 3.63) is 47.0 Å². The van der Waals surface area contributed by atoms with Gasteiger partial charge >= 0.3 is 0 Å². The summed E-state index contributed by atoms with van der Waals surface area (Å²) in [4.78, 5) is 0. The van der Waals surface area contributed by atoms with E-state index in [4.69, 9.17) is 0 Å². The highest BCUT2D eigenvalue weighted by Gasteiger charge is 2.35. The molecule has 1 aromatic rings. The van der Waals surface area contributed by atoms with Gasteiger partial charge in [0.25, 0.3) is 0 Å². The highest BCUT2D eigenvalue weighted by Crippen LogP contribution is 2.48. The van der Waals surface area contributed by atoms with Crippen LogP contribution in [0.5, 0.6) is 0 Å². The van der Waals surface area contributed by atoms with E-state index in [0.717, 1.165) is 16.3 Å². The van der Waals surface area contributed by atoms with E-state index in [-0.39, 0.29) is 0 Å². The molecule has 0 aromatic heterocycles. The highest BCUT2D eigenvalue weighted by atomic mass is 79.9. The molecule has 0 spiro atoms. The van der Waals surface area contributed by atoms with Gasteiger partial charge in [-0.1, -0.05) is 34.1 Å². The first-order valence-electron chi connectivity index (χ1n) is 4.19. The molecule has 1 aliphatic rings. The fraction of sp³-hybridized carbons (Fsp3) is 0.273. The van der Waals surface area contributed by atoms with Gasteiger partial charge in [-0.15, -0.1) is 6.58 Å². The summed E-state index contributed by atoms with van der Waals surface area (Å²) in [5, 5.41) is 0. The van der Waals surface area contributed by atoms with Crippen LogP contribution in [0.1, 0.15) is 17.9 Å². The van der Waals surface area contributed by atoms with E-state index in [9.17, 15) is 0 Å². The first-order chi connectivity index (χ1) is 5.81. The third-order valence-corrected chi connectivity index (χ3v) is 2.97. The second-order valence-electron chi connectivity index (χ2n) is 3.29. The molecular formula is C11H11Br. The van der Waals surface area contributed by atoms with Crippen LogP contribution >= 0.6 is 15.9 Å². The number of hydrogen-bond acceptors (Lipinski definition) is 0. The Hall–Kier alpha value is -0.560. The van der Waals surface area contributed by atoms with Crippen molar-refractivity contribution in [1.29, 1.82) is 0 Å². The molecule has 2 atom stereocenters. The van der Waals surface area contributed by atoms with Gasteiger partial charge in [0, 0.05) is 4.47 Å². The molecular weight excluding hydrogens is 212 g/mol. The summed E-state index contributed by atoms with van der Waals surface area (Å²) in [6, 6.07) is 8.60. The zero-order chi connectivity index (χ0) is 8.55. The first-order valence-corrected chi connectivity index (χ1v) is 4.98. The van der Waals surface area contributed by atoms with Gasteiger partial charge in [0.15, 0.2) is 0 Å². The van der Waals surface area contributed by atoms with Crippen LogP contribution in [0.25, 0.3) is 0 Å². The number of rotatable bonds is 2. The third kappa shape index (κ3) is 1.46. The van der Waals surface area contributed by atoms with Crippen molar-refractivity contribution in [2.45, 2.75) is 12.3 Å². The Bertz CT molecular complexity index is 286. The molecule has 1 aliphatic carbocycles. The van der Waals surface area contributed by atoms with Crippen molar-refractivity contribution in [1.82, 2.24) is 0 Å². The first kappa shape index (κ1) is 8.06. The van der Waals surface area contributed by atoms with Crippen LogP contribution in [0.3, 0.4) is 0 Å². The maximum atomic E-state index is 3.81. The average Bonchev–Trinajstić information content (AvgIpc) is 2.85. The predicted molar refractivity (Wildman–Crippen MR) is 55.2 cm³/mol. The summed E-state index contributed by atoms with van der Waals surface area (Å²) in [5.41, 5.74) is 1.45. The zero-order valence-corrected chi connectivity index (χ0v) is 8.42. The summed E-state index contributed by atoms with van der Waals surface area (Å²) < 4.78 is 1.15. The van der Waals surface area contributed by atoms with Crippen molar-refractivity contribution in [2.75, 3.05) is 0 Å². The molecule has 1 fully saturated rings. The monoisotopic (exact) mass is 222 g/mol. The van der Waals surface area contributed by atoms with E-state index in [1.807, 2.05) is 0 Å². The van der Waals surface area contributed by atoms with Gasteiger partial charge in [0.2, 0.25) is 0 Å². The minimum Gasteiger partial charge on any atom is -0.103 e. The smallest absolute Gasteiger partial charge is 0.0175 e. The molecule has 0 bridgehead atoms. The number of allylic oxidation sites excluding steroid dienone is 1. The standard InChI is InChI=1S/C11H11Br/c1-2-8-7-11(8)9-3-5-10(12)6-4-9/h2-6,8,11H,1,7H2/t8-,11-/m1/s1. The second-order valence-corrected chi connectivity index (χ2v) is 4.21. The lowest BCUT2D eigenvalue weighted by atomic mass is 10.1. The Morgan fingerprint density at radius 1 is 1.33 bits per heavy atom. The molecule has 12 heavy (non-hydrogen) atoms. The Morgan fingerprint density at radius 3 is 2.50 bits per heavy atom. The SMILES string of the molecule is C=C[C@@H]1C[C@H]1c1ccc(Br)cc1.